The Hall–Kier alpha value is -1.49. The fraction of sp³-hybridized carbons (Fsp3) is 0.214. The third kappa shape index (κ3) is 2.98. The third-order valence-electron chi connectivity index (χ3n) is 2.86. The molecule has 1 aromatic heterocycles. The van der Waals surface area contributed by atoms with Gasteiger partial charge in [-0.25, -0.2) is 4.98 Å². The lowest BCUT2D eigenvalue weighted by molar-refractivity contribution is 0.107. The van der Waals surface area contributed by atoms with Crippen molar-refractivity contribution in [3.63, 3.8) is 0 Å². The highest BCUT2D eigenvalue weighted by molar-refractivity contribution is 6.32. The molecule has 0 spiro atoms. The van der Waals surface area contributed by atoms with Crippen LogP contribution in [0.25, 0.3) is 0 Å². The maximum Gasteiger partial charge on any atom is 0.231 e. The van der Waals surface area contributed by atoms with Crippen molar-refractivity contribution in [2.75, 3.05) is 6.79 Å². The van der Waals surface area contributed by atoms with Gasteiger partial charge in [0.2, 0.25) is 6.79 Å². The molecule has 1 aromatic carbocycles. The van der Waals surface area contributed by atoms with Gasteiger partial charge >= 0.3 is 0 Å². The predicted octanol–water partition coefficient (Wildman–Crippen LogP) is 3.83. The number of nitrogens with zero attached hydrogens (tertiary/aromatic N) is 1. The highest BCUT2D eigenvalue weighted by atomic mass is 35.5. The summed E-state index contributed by atoms with van der Waals surface area (Å²) in [5.74, 6) is 1.51. The second-order valence-electron chi connectivity index (χ2n) is 4.26. The van der Waals surface area contributed by atoms with Gasteiger partial charge in [-0.3, -0.25) is 0 Å². The van der Waals surface area contributed by atoms with E-state index in [2.05, 4.69) is 4.98 Å². The number of pyridine rings is 1. The quantitative estimate of drug-likeness (QED) is 0.805. The molecule has 1 aliphatic rings. The Balaban J connectivity index is 1.60. The summed E-state index contributed by atoms with van der Waals surface area (Å²) in [6, 6.07) is 9.21. The first-order chi connectivity index (χ1) is 9.72. The summed E-state index contributed by atoms with van der Waals surface area (Å²) in [6.07, 6.45) is 0. The van der Waals surface area contributed by atoms with E-state index >= 15 is 0 Å². The van der Waals surface area contributed by atoms with Crippen molar-refractivity contribution in [3.8, 4) is 11.5 Å². The van der Waals surface area contributed by atoms with Gasteiger partial charge in [0.1, 0.15) is 10.3 Å². The largest absolute Gasteiger partial charge is 0.454 e. The van der Waals surface area contributed by atoms with Crippen molar-refractivity contribution in [2.45, 2.75) is 13.2 Å². The number of aromatic nitrogens is 1. The van der Waals surface area contributed by atoms with Crippen molar-refractivity contribution >= 4 is 23.2 Å². The van der Waals surface area contributed by atoms with Crippen LogP contribution in [0.1, 0.15) is 11.1 Å². The van der Waals surface area contributed by atoms with Crippen molar-refractivity contribution in [3.05, 3.63) is 51.8 Å². The number of hydrogen-bond donors (Lipinski definition) is 0. The van der Waals surface area contributed by atoms with Crippen LogP contribution in [0.4, 0.5) is 0 Å². The van der Waals surface area contributed by atoms with Gasteiger partial charge in [0.05, 0.1) is 13.2 Å². The van der Waals surface area contributed by atoms with Crippen LogP contribution < -0.4 is 9.47 Å². The molecule has 4 nitrogen and oxygen atoms in total. The van der Waals surface area contributed by atoms with Crippen molar-refractivity contribution in [1.82, 2.24) is 4.98 Å². The number of ether oxygens (including phenoxy) is 3. The topological polar surface area (TPSA) is 40.6 Å². The van der Waals surface area contributed by atoms with Crippen molar-refractivity contribution in [1.29, 1.82) is 0 Å². The van der Waals surface area contributed by atoms with Crippen molar-refractivity contribution in [2.24, 2.45) is 0 Å². The SMILES string of the molecule is Clc1ccc(COCc2ccc3c(c2)OCO3)c(Cl)n1. The average Bonchev–Trinajstić information content (AvgIpc) is 2.89. The zero-order chi connectivity index (χ0) is 13.9. The summed E-state index contributed by atoms with van der Waals surface area (Å²) in [4.78, 5) is 3.96. The van der Waals surface area contributed by atoms with E-state index in [1.54, 1.807) is 12.1 Å². The van der Waals surface area contributed by atoms with E-state index in [0.29, 0.717) is 23.5 Å². The van der Waals surface area contributed by atoms with Gasteiger partial charge in [-0.1, -0.05) is 35.3 Å². The first-order valence-corrected chi connectivity index (χ1v) is 6.75. The molecule has 0 N–H and O–H groups in total. The molecule has 20 heavy (non-hydrogen) atoms. The van der Waals surface area contributed by atoms with E-state index in [9.17, 15) is 0 Å². The normalized spacial score (nSPS) is 12.7. The predicted molar refractivity (Wildman–Crippen MR) is 75.3 cm³/mol. The van der Waals surface area contributed by atoms with Gasteiger partial charge in [0, 0.05) is 5.56 Å². The molecule has 0 unspecified atom stereocenters. The molecule has 0 radical (unpaired) electrons. The first-order valence-electron chi connectivity index (χ1n) is 5.99. The maximum absolute atomic E-state index is 5.98. The van der Waals surface area contributed by atoms with Gasteiger partial charge in [-0.05, 0) is 23.8 Å². The molecule has 0 fully saturated rings. The molecule has 6 heteroatoms. The van der Waals surface area contributed by atoms with E-state index in [0.717, 1.165) is 22.6 Å². The smallest absolute Gasteiger partial charge is 0.231 e. The fourth-order valence-electron chi connectivity index (χ4n) is 1.86. The Bertz CT molecular complexity index is 634. The molecule has 0 saturated carbocycles. The molecule has 0 atom stereocenters. The van der Waals surface area contributed by atoms with Crippen LogP contribution in [0.2, 0.25) is 10.3 Å². The summed E-state index contributed by atoms with van der Waals surface area (Å²) in [5, 5.41) is 0.734. The summed E-state index contributed by atoms with van der Waals surface area (Å²) in [6.45, 7) is 1.10. The molecular weight excluding hydrogens is 301 g/mol. The second-order valence-corrected chi connectivity index (χ2v) is 5.01. The fourth-order valence-corrected chi connectivity index (χ4v) is 2.26. The first kappa shape index (κ1) is 13.5. The maximum atomic E-state index is 5.98. The lowest BCUT2D eigenvalue weighted by atomic mass is 10.2. The summed E-state index contributed by atoms with van der Waals surface area (Å²) in [7, 11) is 0. The molecular formula is C14H11Cl2NO3. The van der Waals surface area contributed by atoms with E-state index in [1.807, 2.05) is 18.2 Å². The Kier molecular flexibility index (Phi) is 3.96. The minimum absolute atomic E-state index is 0.270. The third-order valence-corrected chi connectivity index (χ3v) is 3.39. The van der Waals surface area contributed by atoms with Gasteiger partial charge in [0.15, 0.2) is 11.5 Å². The zero-order valence-electron chi connectivity index (χ0n) is 10.4. The van der Waals surface area contributed by atoms with Gasteiger partial charge in [-0.15, -0.1) is 0 Å². The van der Waals surface area contributed by atoms with E-state index in [4.69, 9.17) is 37.4 Å². The van der Waals surface area contributed by atoms with Crippen molar-refractivity contribution < 1.29 is 14.2 Å². The van der Waals surface area contributed by atoms with Gasteiger partial charge in [0.25, 0.3) is 0 Å². The van der Waals surface area contributed by atoms with Crippen LogP contribution in [0, 0.1) is 0 Å². The zero-order valence-corrected chi connectivity index (χ0v) is 11.9. The number of hydrogen-bond acceptors (Lipinski definition) is 4. The molecule has 2 heterocycles. The molecule has 0 bridgehead atoms. The molecule has 0 saturated heterocycles. The minimum Gasteiger partial charge on any atom is -0.454 e. The van der Waals surface area contributed by atoms with Crippen LogP contribution in [0.15, 0.2) is 30.3 Å². The highest BCUT2D eigenvalue weighted by Crippen LogP contribution is 2.32. The second kappa shape index (κ2) is 5.87. The Morgan fingerprint density at radius 3 is 2.75 bits per heavy atom. The lowest BCUT2D eigenvalue weighted by Crippen LogP contribution is -1.96. The number of benzene rings is 1. The van der Waals surface area contributed by atoms with Crippen LogP contribution >= 0.6 is 23.2 Å². The van der Waals surface area contributed by atoms with Crippen LogP contribution in [0.3, 0.4) is 0 Å². The van der Waals surface area contributed by atoms with E-state index in [1.165, 1.54) is 0 Å². The summed E-state index contributed by atoms with van der Waals surface area (Å²) in [5.41, 5.74) is 1.81. The standard InChI is InChI=1S/C14H11Cl2NO3/c15-13-4-2-10(14(16)17-13)7-18-6-9-1-3-11-12(5-9)20-8-19-11/h1-5H,6-8H2. The minimum atomic E-state index is 0.270. The highest BCUT2D eigenvalue weighted by Gasteiger charge is 2.13. The van der Waals surface area contributed by atoms with Crippen LogP contribution in [-0.4, -0.2) is 11.8 Å². The Morgan fingerprint density at radius 1 is 1.05 bits per heavy atom. The number of rotatable bonds is 4. The van der Waals surface area contributed by atoms with Crippen LogP contribution in [-0.2, 0) is 18.0 Å². The molecule has 1 aliphatic heterocycles. The number of fused-ring (bicyclic) bond motifs is 1. The summed E-state index contributed by atoms with van der Waals surface area (Å²) >= 11 is 11.7. The molecule has 0 amide bonds. The Morgan fingerprint density at radius 2 is 1.90 bits per heavy atom. The average molecular weight is 312 g/mol. The van der Waals surface area contributed by atoms with Crippen LogP contribution in [0.5, 0.6) is 11.5 Å². The molecule has 0 aliphatic carbocycles. The molecule has 104 valence electrons. The molecule has 3 rings (SSSR count). The monoisotopic (exact) mass is 311 g/mol. The molecule has 2 aromatic rings. The van der Waals surface area contributed by atoms with Gasteiger partial charge in [-0.2, -0.15) is 0 Å². The lowest BCUT2D eigenvalue weighted by Gasteiger charge is -2.07. The van der Waals surface area contributed by atoms with E-state index in [-0.39, 0.29) is 6.79 Å². The van der Waals surface area contributed by atoms with Gasteiger partial charge < -0.3 is 14.2 Å². The Labute approximate surface area is 126 Å². The van der Waals surface area contributed by atoms with E-state index < -0.39 is 0 Å². The summed E-state index contributed by atoms with van der Waals surface area (Å²) < 4.78 is 16.2. The number of halogens is 2.